The highest BCUT2D eigenvalue weighted by atomic mass is 79.9. The molecule has 1 aromatic heterocycles. The molecule has 5 nitrogen and oxygen atoms in total. The number of ether oxygens (including phenoxy) is 1. The molecule has 0 aliphatic carbocycles. The Bertz CT molecular complexity index is 547. The number of nitrogens with one attached hydrogen (secondary N) is 2. The van der Waals surface area contributed by atoms with Gasteiger partial charge in [-0.25, -0.2) is 10.8 Å². The van der Waals surface area contributed by atoms with Gasteiger partial charge in [-0.1, -0.05) is 6.07 Å². The van der Waals surface area contributed by atoms with Crippen LogP contribution in [0.3, 0.4) is 0 Å². The lowest BCUT2D eigenvalue weighted by atomic mass is 10.3. The van der Waals surface area contributed by atoms with E-state index in [4.69, 9.17) is 10.6 Å². The Morgan fingerprint density at radius 2 is 2.00 bits per heavy atom. The SMILES string of the molecule is COc1ccc(Br)c(Nc2cccc(NN)n2)c1. The fourth-order valence-electron chi connectivity index (χ4n) is 1.45. The van der Waals surface area contributed by atoms with Crippen molar-refractivity contribution in [3.8, 4) is 5.75 Å². The van der Waals surface area contributed by atoms with E-state index in [1.807, 2.05) is 30.3 Å². The van der Waals surface area contributed by atoms with Gasteiger partial charge in [0.25, 0.3) is 0 Å². The Labute approximate surface area is 113 Å². The predicted molar refractivity (Wildman–Crippen MR) is 76.0 cm³/mol. The Kier molecular flexibility index (Phi) is 4.01. The maximum absolute atomic E-state index is 5.32. The van der Waals surface area contributed by atoms with Gasteiger partial charge in [0.15, 0.2) is 0 Å². The molecule has 0 unspecified atom stereocenters. The van der Waals surface area contributed by atoms with E-state index < -0.39 is 0 Å². The number of aromatic nitrogens is 1. The van der Waals surface area contributed by atoms with Gasteiger partial charge in [-0.15, -0.1) is 0 Å². The monoisotopic (exact) mass is 308 g/mol. The Balaban J connectivity index is 2.27. The van der Waals surface area contributed by atoms with Crippen LogP contribution in [0, 0.1) is 0 Å². The fourth-order valence-corrected chi connectivity index (χ4v) is 1.80. The maximum atomic E-state index is 5.32. The molecular weight excluding hydrogens is 296 g/mol. The van der Waals surface area contributed by atoms with Crippen LogP contribution in [0.1, 0.15) is 0 Å². The number of nitrogen functional groups attached to an aromatic ring is 1. The van der Waals surface area contributed by atoms with Gasteiger partial charge in [0, 0.05) is 10.5 Å². The molecule has 2 aromatic rings. The molecule has 2 rings (SSSR count). The molecule has 94 valence electrons. The number of anilines is 3. The number of pyridine rings is 1. The highest BCUT2D eigenvalue weighted by Gasteiger charge is 2.03. The van der Waals surface area contributed by atoms with E-state index in [0.717, 1.165) is 15.9 Å². The minimum atomic E-state index is 0.596. The average molecular weight is 309 g/mol. The van der Waals surface area contributed by atoms with Gasteiger partial charge in [0.1, 0.15) is 17.4 Å². The van der Waals surface area contributed by atoms with E-state index in [9.17, 15) is 0 Å². The molecule has 0 saturated carbocycles. The number of benzene rings is 1. The number of nitrogens with two attached hydrogens (primary N) is 1. The van der Waals surface area contributed by atoms with E-state index in [-0.39, 0.29) is 0 Å². The third-order valence-corrected chi connectivity index (χ3v) is 3.02. The summed E-state index contributed by atoms with van der Waals surface area (Å²) in [5.41, 5.74) is 3.37. The molecule has 18 heavy (non-hydrogen) atoms. The highest BCUT2D eigenvalue weighted by Crippen LogP contribution is 2.29. The predicted octanol–water partition coefficient (Wildman–Crippen LogP) is 2.88. The van der Waals surface area contributed by atoms with Crippen LogP contribution in [0.25, 0.3) is 0 Å². The minimum absolute atomic E-state index is 0.596. The molecule has 0 saturated heterocycles. The summed E-state index contributed by atoms with van der Waals surface area (Å²) in [4.78, 5) is 4.27. The molecule has 0 fully saturated rings. The van der Waals surface area contributed by atoms with E-state index in [2.05, 4.69) is 31.7 Å². The van der Waals surface area contributed by atoms with Crippen LogP contribution in [0.2, 0.25) is 0 Å². The molecule has 1 aromatic carbocycles. The Morgan fingerprint density at radius 1 is 1.22 bits per heavy atom. The van der Waals surface area contributed by atoms with Crippen molar-refractivity contribution in [3.05, 3.63) is 40.9 Å². The molecule has 0 radical (unpaired) electrons. The second kappa shape index (κ2) is 5.70. The first-order chi connectivity index (χ1) is 8.72. The third-order valence-electron chi connectivity index (χ3n) is 2.33. The quantitative estimate of drug-likeness (QED) is 0.598. The van der Waals surface area contributed by atoms with Crippen LogP contribution in [0.15, 0.2) is 40.9 Å². The zero-order valence-electron chi connectivity index (χ0n) is 9.77. The largest absolute Gasteiger partial charge is 0.497 e. The van der Waals surface area contributed by atoms with Crippen molar-refractivity contribution in [1.82, 2.24) is 4.98 Å². The van der Waals surface area contributed by atoms with Crippen molar-refractivity contribution >= 4 is 33.3 Å². The van der Waals surface area contributed by atoms with Crippen molar-refractivity contribution in [1.29, 1.82) is 0 Å². The summed E-state index contributed by atoms with van der Waals surface area (Å²) in [6.45, 7) is 0. The number of hydrazine groups is 1. The number of methoxy groups -OCH3 is 1. The Hall–Kier alpha value is -1.79. The van der Waals surface area contributed by atoms with Gasteiger partial charge < -0.3 is 15.5 Å². The molecule has 0 aliphatic heterocycles. The second-order valence-corrected chi connectivity index (χ2v) is 4.38. The lowest BCUT2D eigenvalue weighted by molar-refractivity contribution is 0.415. The number of rotatable bonds is 4. The third kappa shape index (κ3) is 2.91. The summed E-state index contributed by atoms with van der Waals surface area (Å²) >= 11 is 3.47. The number of hydrogen-bond donors (Lipinski definition) is 3. The smallest absolute Gasteiger partial charge is 0.142 e. The molecule has 0 bridgehead atoms. The summed E-state index contributed by atoms with van der Waals surface area (Å²) in [6.07, 6.45) is 0. The van der Waals surface area contributed by atoms with E-state index >= 15 is 0 Å². The molecule has 0 spiro atoms. The van der Waals surface area contributed by atoms with Crippen LogP contribution in [-0.4, -0.2) is 12.1 Å². The first kappa shape index (κ1) is 12.7. The molecule has 0 atom stereocenters. The van der Waals surface area contributed by atoms with Gasteiger partial charge in [0.05, 0.1) is 12.8 Å². The lowest BCUT2D eigenvalue weighted by Gasteiger charge is -2.10. The van der Waals surface area contributed by atoms with Crippen LogP contribution in [0.5, 0.6) is 5.75 Å². The molecule has 6 heteroatoms. The number of hydrogen-bond acceptors (Lipinski definition) is 5. The lowest BCUT2D eigenvalue weighted by Crippen LogP contribution is -2.09. The average Bonchev–Trinajstić information content (AvgIpc) is 2.41. The molecule has 4 N–H and O–H groups in total. The topological polar surface area (TPSA) is 72.2 Å². The van der Waals surface area contributed by atoms with Crippen molar-refractivity contribution < 1.29 is 4.74 Å². The standard InChI is InChI=1S/C12H13BrN4O/c1-18-8-5-6-9(13)10(7-8)15-11-3-2-4-12(16-11)17-14/h2-7H,14H2,1H3,(H2,15,16,17). The maximum Gasteiger partial charge on any atom is 0.142 e. The Morgan fingerprint density at radius 3 is 2.72 bits per heavy atom. The van der Waals surface area contributed by atoms with Crippen LogP contribution in [0.4, 0.5) is 17.3 Å². The van der Waals surface area contributed by atoms with Gasteiger partial charge in [-0.2, -0.15) is 0 Å². The molecular formula is C12H13BrN4O. The number of halogens is 1. The van der Waals surface area contributed by atoms with Crippen molar-refractivity contribution in [3.63, 3.8) is 0 Å². The van der Waals surface area contributed by atoms with Crippen molar-refractivity contribution in [2.75, 3.05) is 17.9 Å². The number of nitrogens with zero attached hydrogens (tertiary/aromatic N) is 1. The van der Waals surface area contributed by atoms with E-state index in [1.54, 1.807) is 13.2 Å². The van der Waals surface area contributed by atoms with Crippen LogP contribution in [-0.2, 0) is 0 Å². The van der Waals surface area contributed by atoms with E-state index in [1.165, 1.54) is 0 Å². The molecule has 0 amide bonds. The first-order valence-corrected chi connectivity index (χ1v) is 6.06. The zero-order chi connectivity index (χ0) is 13.0. The van der Waals surface area contributed by atoms with Gasteiger partial charge in [-0.3, -0.25) is 0 Å². The highest BCUT2D eigenvalue weighted by molar-refractivity contribution is 9.10. The summed E-state index contributed by atoms with van der Waals surface area (Å²) < 4.78 is 6.11. The zero-order valence-corrected chi connectivity index (χ0v) is 11.4. The molecule has 0 aliphatic rings. The summed E-state index contributed by atoms with van der Waals surface area (Å²) in [5, 5.41) is 3.19. The summed E-state index contributed by atoms with van der Waals surface area (Å²) in [7, 11) is 1.63. The first-order valence-electron chi connectivity index (χ1n) is 5.27. The second-order valence-electron chi connectivity index (χ2n) is 3.52. The van der Waals surface area contributed by atoms with Gasteiger partial charge in [0.2, 0.25) is 0 Å². The van der Waals surface area contributed by atoms with Crippen molar-refractivity contribution in [2.24, 2.45) is 5.84 Å². The summed E-state index contributed by atoms with van der Waals surface area (Å²) in [5.74, 6) is 7.38. The van der Waals surface area contributed by atoms with Gasteiger partial charge >= 0.3 is 0 Å². The molecule has 1 heterocycles. The van der Waals surface area contributed by atoms with Crippen LogP contribution < -0.4 is 21.3 Å². The summed E-state index contributed by atoms with van der Waals surface area (Å²) in [6, 6.07) is 11.2. The van der Waals surface area contributed by atoms with Crippen molar-refractivity contribution in [2.45, 2.75) is 0 Å². The van der Waals surface area contributed by atoms with E-state index in [0.29, 0.717) is 11.6 Å². The van der Waals surface area contributed by atoms with Crippen LogP contribution >= 0.6 is 15.9 Å². The normalized spacial score (nSPS) is 9.94. The minimum Gasteiger partial charge on any atom is -0.497 e. The van der Waals surface area contributed by atoms with Gasteiger partial charge in [-0.05, 0) is 40.2 Å². The fraction of sp³-hybridized carbons (Fsp3) is 0.0833.